The standard InChI is InChI=1S/C15H20N4O3S/c16-14(22)10-3-1-5-18(8-10)13(21)7-11-9-23-15(17-11)19-6-2-4-12(19)20/h9-10H,1-8H2,(H2,16,22). The fourth-order valence-electron chi connectivity index (χ4n) is 3.05. The van der Waals surface area contributed by atoms with Gasteiger partial charge in [0.15, 0.2) is 5.13 Å². The van der Waals surface area contributed by atoms with Gasteiger partial charge in [-0.2, -0.15) is 0 Å². The zero-order valence-electron chi connectivity index (χ0n) is 12.9. The topological polar surface area (TPSA) is 96.6 Å². The summed E-state index contributed by atoms with van der Waals surface area (Å²) in [5, 5.41) is 2.50. The average Bonchev–Trinajstić information content (AvgIpc) is 3.16. The van der Waals surface area contributed by atoms with Gasteiger partial charge in [-0.3, -0.25) is 19.3 Å². The number of nitrogens with two attached hydrogens (primary N) is 1. The first-order valence-corrected chi connectivity index (χ1v) is 8.74. The van der Waals surface area contributed by atoms with Crippen LogP contribution in [0.5, 0.6) is 0 Å². The van der Waals surface area contributed by atoms with Crippen molar-refractivity contribution in [3.05, 3.63) is 11.1 Å². The molecule has 0 aliphatic carbocycles. The molecule has 1 unspecified atom stereocenters. The minimum Gasteiger partial charge on any atom is -0.369 e. The molecule has 0 radical (unpaired) electrons. The fraction of sp³-hybridized carbons (Fsp3) is 0.600. The number of anilines is 1. The van der Waals surface area contributed by atoms with Crippen LogP contribution in [0.15, 0.2) is 5.38 Å². The van der Waals surface area contributed by atoms with Crippen molar-refractivity contribution in [1.29, 1.82) is 0 Å². The molecule has 3 amide bonds. The molecule has 2 aliphatic heterocycles. The molecule has 1 atom stereocenters. The molecule has 2 fully saturated rings. The van der Waals surface area contributed by atoms with Gasteiger partial charge >= 0.3 is 0 Å². The van der Waals surface area contributed by atoms with E-state index in [0.717, 1.165) is 19.3 Å². The highest BCUT2D eigenvalue weighted by atomic mass is 32.1. The highest BCUT2D eigenvalue weighted by molar-refractivity contribution is 7.14. The third kappa shape index (κ3) is 3.52. The largest absolute Gasteiger partial charge is 0.369 e. The Kier molecular flexibility index (Phi) is 4.61. The number of amides is 3. The van der Waals surface area contributed by atoms with Crippen LogP contribution in [0.4, 0.5) is 5.13 Å². The minimum atomic E-state index is -0.342. The zero-order chi connectivity index (χ0) is 16.4. The zero-order valence-corrected chi connectivity index (χ0v) is 13.7. The number of carbonyl (C=O) groups excluding carboxylic acids is 3. The van der Waals surface area contributed by atoms with Crippen molar-refractivity contribution in [1.82, 2.24) is 9.88 Å². The maximum absolute atomic E-state index is 12.4. The maximum Gasteiger partial charge on any atom is 0.228 e. The van der Waals surface area contributed by atoms with E-state index in [1.807, 2.05) is 5.38 Å². The molecule has 23 heavy (non-hydrogen) atoms. The predicted octanol–water partition coefficient (Wildman–Crippen LogP) is 0.536. The molecule has 7 nitrogen and oxygen atoms in total. The predicted molar refractivity (Wildman–Crippen MR) is 85.9 cm³/mol. The van der Waals surface area contributed by atoms with Crippen LogP contribution in [0.1, 0.15) is 31.4 Å². The molecule has 1 aromatic heterocycles. The van der Waals surface area contributed by atoms with Crippen LogP contribution in [0.25, 0.3) is 0 Å². The molecular formula is C15H20N4O3S. The van der Waals surface area contributed by atoms with Gasteiger partial charge in [-0.1, -0.05) is 0 Å². The number of rotatable bonds is 4. The summed E-state index contributed by atoms with van der Waals surface area (Å²) < 4.78 is 0. The van der Waals surface area contributed by atoms with E-state index in [0.29, 0.717) is 36.9 Å². The summed E-state index contributed by atoms with van der Waals surface area (Å²) in [6.07, 6.45) is 3.16. The Morgan fingerprint density at radius 3 is 2.87 bits per heavy atom. The minimum absolute atomic E-state index is 0.0412. The summed E-state index contributed by atoms with van der Waals surface area (Å²) in [6.45, 7) is 1.76. The average molecular weight is 336 g/mol. The molecule has 0 aromatic carbocycles. The number of likely N-dealkylation sites (tertiary alicyclic amines) is 1. The number of nitrogens with zero attached hydrogens (tertiary/aromatic N) is 3. The molecule has 2 aliphatic rings. The van der Waals surface area contributed by atoms with Crippen molar-refractivity contribution in [2.24, 2.45) is 11.7 Å². The Labute approximate surface area is 138 Å². The quantitative estimate of drug-likeness (QED) is 0.867. The Morgan fingerprint density at radius 2 is 2.17 bits per heavy atom. The highest BCUT2D eigenvalue weighted by Crippen LogP contribution is 2.26. The Hall–Kier alpha value is -1.96. The lowest BCUT2D eigenvalue weighted by Crippen LogP contribution is -2.44. The van der Waals surface area contributed by atoms with Crippen LogP contribution < -0.4 is 10.6 Å². The molecule has 1 aromatic rings. The lowest BCUT2D eigenvalue weighted by molar-refractivity contribution is -0.134. The second kappa shape index (κ2) is 6.66. The van der Waals surface area contributed by atoms with Crippen LogP contribution in [-0.2, 0) is 20.8 Å². The van der Waals surface area contributed by atoms with Gasteiger partial charge in [0.05, 0.1) is 18.0 Å². The van der Waals surface area contributed by atoms with Crippen LogP contribution in [0, 0.1) is 5.92 Å². The van der Waals surface area contributed by atoms with Gasteiger partial charge in [0.1, 0.15) is 0 Å². The lowest BCUT2D eigenvalue weighted by atomic mass is 9.97. The van der Waals surface area contributed by atoms with Gasteiger partial charge in [-0.25, -0.2) is 4.98 Å². The Morgan fingerprint density at radius 1 is 1.35 bits per heavy atom. The maximum atomic E-state index is 12.4. The molecule has 124 valence electrons. The third-order valence-electron chi connectivity index (χ3n) is 4.35. The van der Waals surface area contributed by atoms with Crippen molar-refractivity contribution < 1.29 is 14.4 Å². The van der Waals surface area contributed by atoms with E-state index < -0.39 is 0 Å². The number of thiazole rings is 1. The number of piperidine rings is 1. The molecule has 2 saturated heterocycles. The summed E-state index contributed by atoms with van der Waals surface area (Å²) in [7, 11) is 0. The van der Waals surface area contributed by atoms with E-state index in [2.05, 4.69) is 4.98 Å². The highest BCUT2D eigenvalue weighted by Gasteiger charge is 2.28. The summed E-state index contributed by atoms with van der Waals surface area (Å²) in [5.74, 6) is -0.537. The molecular weight excluding hydrogens is 316 g/mol. The van der Waals surface area contributed by atoms with Crippen LogP contribution in [0.3, 0.4) is 0 Å². The summed E-state index contributed by atoms with van der Waals surface area (Å²) in [6, 6.07) is 0. The van der Waals surface area contributed by atoms with E-state index in [4.69, 9.17) is 5.73 Å². The molecule has 0 bridgehead atoms. The SMILES string of the molecule is NC(=O)C1CCCN(C(=O)Cc2csc(N3CCCC3=O)n2)C1. The number of carbonyl (C=O) groups is 3. The van der Waals surface area contributed by atoms with Crippen molar-refractivity contribution in [2.75, 3.05) is 24.5 Å². The van der Waals surface area contributed by atoms with Gasteiger partial charge in [0.25, 0.3) is 0 Å². The van der Waals surface area contributed by atoms with E-state index in [9.17, 15) is 14.4 Å². The van der Waals surface area contributed by atoms with Crippen LogP contribution >= 0.6 is 11.3 Å². The van der Waals surface area contributed by atoms with Gasteiger partial charge < -0.3 is 10.6 Å². The van der Waals surface area contributed by atoms with Crippen molar-refractivity contribution in [3.8, 4) is 0 Å². The first-order valence-electron chi connectivity index (χ1n) is 7.86. The lowest BCUT2D eigenvalue weighted by Gasteiger charge is -2.31. The molecule has 8 heteroatoms. The molecule has 3 heterocycles. The smallest absolute Gasteiger partial charge is 0.228 e. The summed E-state index contributed by atoms with van der Waals surface area (Å²) >= 11 is 1.39. The first kappa shape index (κ1) is 15.9. The van der Waals surface area contributed by atoms with E-state index in [1.165, 1.54) is 11.3 Å². The van der Waals surface area contributed by atoms with Gasteiger partial charge in [-0.05, 0) is 19.3 Å². The number of aromatic nitrogens is 1. The molecule has 3 rings (SSSR count). The van der Waals surface area contributed by atoms with Gasteiger partial charge in [0.2, 0.25) is 17.7 Å². The Bertz CT molecular complexity index is 630. The normalized spacial score (nSPS) is 21.7. The van der Waals surface area contributed by atoms with Crippen molar-refractivity contribution in [2.45, 2.75) is 32.1 Å². The molecule has 2 N–H and O–H groups in total. The van der Waals surface area contributed by atoms with E-state index in [1.54, 1.807) is 9.80 Å². The van der Waals surface area contributed by atoms with Gasteiger partial charge in [-0.15, -0.1) is 11.3 Å². The number of hydrogen-bond acceptors (Lipinski definition) is 5. The first-order chi connectivity index (χ1) is 11.0. The second-order valence-electron chi connectivity index (χ2n) is 6.03. The van der Waals surface area contributed by atoms with E-state index in [-0.39, 0.29) is 30.1 Å². The fourth-order valence-corrected chi connectivity index (χ4v) is 3.92. The summed E-state index contributed by atoms with van der Waals surface area (Å²) in [4.78, 5) is 43.2. The monoisotopic (exact) mass is 336 g/mol. The molecule has 0 saturated carbocycles. The number of hydrogen-bond donors (Lipinski definition) is 1. The second-order valence-corrected chi connectivity index (χ2v) is 6.86. The van der Waals surface area contributed by atoms with Crippen molar-refractivity contribution >= 4 is 34.2 Å². The van der Waals surface area contributed by atoms with Crippen molar-refractivity contribution in [3.63, 3.8) is 0 Å². The van der Waals surface area contributed by atoms with Gasteiger partial charge in [0, 0.05) is 31.4 Å². The third-order valence-corrected chi connectivity index (χ3v) is 5.27. The molecule has 0 spiro atoms. The number of primary amides is 1. The van der Waals surface area contributed by atoms with Crippen LogP contribution in [0.2, 0.25) is 0 Å². The van der Waals surface area contributed by atoms with E-state index >= 15 is 0 Å². The summed E-state index contributed by atoms with van der Waals surface area (Å²) in [5.41, 5.74) is 6.02. The van der Waals surface area contributed by atoms with Crippen LogP contribution in [-0.4, -0.2) is 47.2 Å². The Balaban J connectivity index is 1.61.